The van der Waals surface area contributed by atoms with Gasteiger partial charge in [-0.3, -0.25) is 43.2 Å². The highest BCUT2D eigenvalue weighted by atomic mass is 19.1. The summed E-state index contributed by atoms with van der Waals surface area (Å²) in [5.74, 6) is -2.57. The number of halogens is 2. The Morgan fingerprint density at radius 1 is 0.731 bits per heavy atom. The van der Waals surface area contributed by atoms with Crippen LogP contribution in [0.25, 0.3) is 0 Å². The number of hydrogen-bond donors (Lipinski definition) is 10. The first-order chi connectivity index (χ1) is 62.3. The smallest absolute Gasteiger partial charge is 0.246 e. The van der Waals surface area contributed by atoms with Gasteiger partial charge in [-0.25, -0.2) is 13.5 Å². The molecule has 130 heavy (non-hydrogen) atoms. The largest absolute Gasteiger partial charge is 0.394 e. The number of carbonyl (C=O) groups is 9. The van der Waals surface area contributed by atoms with E-state index in [0.717, 1.165) is 29.2 Å². The second kappa shape index (κ2) is 45.8. The Bertz CT molecular complexity index is 4560. The third-order valence-electron chi connectivity index (χ3n) is 27.9. The molecule has 5 aliphatic carbocycles. The lowest BCUT2D eigenvalue weighted by Gasteiger charge is -2.63. The van der Waals surface area contributed by atoms with Crippen LogP contribution in [0.1, 0.15) is 211 Å². The zero-order valence-electron chi connectivity index (χ0n) is 75.4. The van der Waals surface area contributed by atoms with Crippen molar-refractivity contribution in [3.05, 3.63) is 100 Å². The van der Waals surface area contributed by atoms with Crippen LogP contribution in [-0.4, -0.2) is 280 Å². The maximum absolute atomic E-state index is 18.2. The van der Waals surface area contributed by atoms with E-state index in [1.54, 1.807) is 32.6 Å². The third kappa shape index (κ3) is 22.6. The van der Waals surface area contributed by atoms with E-state index >= 15 is 13.6 Å². The molecule has 0 spiro atoms. The van der Waals surface area contributed by atoms with E-state index < -0.39 is 211 Å². The Morgan fingerprint density at radius 2 is 1.43 bits per heavy atom. The predicted octanol–water partition coefficient (Wildman–Crippen LogP) is 5.55. The van der Waals surface area contributed by atoms with Crippen LogP contribution in [-0.2, 0) is 103 Å². The number of aliphatic hydroxyl groups is 7. The zero-order chi connectivity index (χ0) is 93.4. The molecule has 1 aromatic heterocycles. The topological polar surface area (TPSA) is 458 Å². The fraction of sp³-hybridized carbons (Fsp3) is 0.695. The summed E-state index contributed by atoms with van der Waals surface area (Å²) in [6, 6.07) is 14.1. The molecule has 3 saturated heterocycles. The van der Waals surface area contributed by atoms with E-state index in [9.17, 15) is 74.1 Å². The number of unbranched alkanes of at least 4 members (excludes halogenated alkanes) is 1. The van der Waals surface area contributed by atoms with Crippen LogP contribution in [0.4, 0.5) is 14.5 Å². The molecule has 0 radical (unpaired) electrons. The fourth-order valence-corrected chi connectivity index (χ4v) is 20.6. The second-order valence-corrected chi connectivity index (χ2v) is 36.9. The molecule has 35 heteroatoms. The van der Waals surface area contributed by atoms with Crippen molar-refractivity contribution in [1.82, 2.24) is 30.9 Å². The van der Waals surface area contributed by atoms with Gasteiger partial charge in [0, 0.05) is 97.3 Å². The first-order valence-corrected chi connectivity index (χ1v) is 46.3. The van der Waals surface area contributed by atoms with E-state index in [0.29, 0.717) is 94.6 Å². The van der Waals surface area contributed by atoms with Crippen molar-refractivity contribution in [2.45, 2.75) is 287 Å². The average Bonchev–Trinajstić information content (AvgIpc) is 1.44. The highest BCUT2D eigenvalue weighted by Crippen LogP contribution is 2.72. The number of aromatic nitrogens is 3. The van der Waals surface area contributed by atoms with Gasteiger partial charge in [0.1, 0.15) is 66.7 Å². The van der Waals surface area contributed by atoms with Gasteiger partial charge in [0.15, 0.2) is 47.4 Å². The van der Waals surface area contributed by atoms with Gasteiger partial charge >= 0.3 is 0 Å². The second-order valence-electron chi connectivity index (χ2n) is 36.9. The minimum absolute atomic E-state index is 0.00183. The van der Waals surface area contributed by atoms with Crippen LogP contribution in [0, 0.1) is 58.2 Å². The molecule has 0 bridgehead atoms. The van der Waals surface area contributed by atoms with Crippen LogP contribution in [0.5, 0.6) is 0 Å². The lowest BCUT2D eigenvalue weighted by molar-refractivity contribution is -0.341. The number of allylic oxidation sites excluding steroid dienone is 4. The van der Waals surface area contributed by atoms with E-state index in [-0.39, 0.29) is 133 Å². The van der Waals surface area contributed by atoms with E-state index in [1.807, 2.05) is 55.5 Å². The Balaban J connectivity index is 0.603. The van der Waals surface area contributed by atoms with E-state index in [1.165, 1.54) is 30.7 Å². The highest BCUT2D eigenvalue weighted by molar-refractivity contribution is 6.02. The van der Waals surface area contributed by atoms with E-state index in [4.69, 9.17) is 47.4 Å². The fourth-order valence-electron chi connectivity index (χ4n) is 20.6. The Kier molecular flexibility index (Phi) is 35.6. The summed E-state index contributed by atoms with van der Waals surface area (Å²) in [5.41, 5.74) is -3.20. The molecule has 2 aromatic carbocycles. The Morgan fingerprint density at radius 3 is 2.15 bits per heavy atom. The first-order valence-electron chi connectivity index (χ1n) is 46.3. The number of amides is 4. The van der Waals surface area contributed by atoms with Gasteiger partial charge in [-0.05, 0) is 124 Å². The molecule has 4 aliphatic heterocycles. The summed E-state index contributed by atoms with van der Waals surface area (Å²) in [6.07, 6.45) is -11.2. The number of Topliss-reactive ketones (excluding diaryl/α,β-unsaturated/α-hetero) is 4. The summed E-state index contributed by atoms with van der Waals surface area (Å²) in [6.45, 7) is 11.6. The molecule has 10 N–H and O–H groups in total. The number of ether oxygens (including phenoxy) is 10. The standard InChI is InChI=1S/C95H131F2N7O26/c1-8-19-80-128-77-48-65-66-47-68(96)67-46-63(108)32-34-92(67,6)94(66,97)75(111)49-93(65,7)95(77,130-80)76(112)50-99-88(119)56(4)44-71(110)81(55(2)3)100-89(120)60(45-64(109)33-37-122-39-41-124-43-42-123-40-38-121-36-18-24-62(107)30-31-79(114)103-51-61-23-13-12-20-58(61)28-29-59-21-14-15-25-69(59)103)22-16-17-35-98-78(113)54-125-72-27-11-9-10-26-70-82(72)101-102-104(70)90-85(117)84(116)87(74(53-106)126-90)129-91-86(118)83(115)57(5)73(52-105)127-91/h12-15,20-21,23,25,32,34,46,55-57,60,65-66,68,72-75,77,80-81,83-87,90-91,105-106,111,115-118H,8-11,16-19,22,24,26-27,30-31,33,35-45,47-54H2,1-7H3,(H,98,113)(H,99,119)(H,100,120)/t56-,57-,60+,65+,66+,68+,72?,73-,74-,75+,77-,80?,81+,83+,84-,85-,86-,87-,90+,91-,92+,93+,94+,95-/m1/s1. The van der Waals surface area contributed by atoms with E-state index in [2.05, 4.69) is 38.1 Å². The van der Waals surface area contributed by atoms with Gasteiger partial charge in [0.05, 0.1) is 114 Å². The van der Waals surface area contributed by atoms with Crippen LogP contribution in [0.15, 0.2) is 72.3 Å². The molecule has 4 amide bonds. The molecule has 716 valence electrons. The molecule has 5 heterocycles. The van der Waals surface area contributed by atoms with Gasteiger partial charge in [0.25, 0.3) is 0 Å². The summed E-state index contributed by atoms with van der Waals surface area (Å²) < 4.78 is 95.8. The molecule has 3 saturated carbocycles. The number of benzene rings is 2. The number of para-hydroxylation sites is 1. The van der Waals surface area contributed by atoms with Crippen LogP contribution < -0.4 is 20.9 Å². The monoisotopic (exact) mass is 1820 g/mol. The molecular formula is C95H131F2N7O26. The van der Waals surface area contributed by atoms with Gasteiger partial charge in [0.2, 0.25) is 23.6 Å². The van der Waals surface area contributed by atoms with Crippen molar-refractivity contribution in [3.63, 3.8) is 0 Å². The van der Waals surface area contributed by atoms with Gasteiger partial charge in [-0.15, -0.1) is 5.10 Å². The Hall–Kier alpha value is -7.97. The minimum Gasteiger partial charge on any atom is -0.394 e. The maximum Gasteiger partial charge on any atom is 0.246 e. The van der Waals surface area contributed by atoms with Crippen molar-refractivity contribution in [3.8, 4) is 11.8 Å². The average molecular weight is 1830 g/mol. The summed E-state index contributed by atoms with van der Waals surface area (Å²) in [4.78, 5) is 126. The summed E-state index contributed by atoms with van der Waals surface area (Å²) >= 11 is 0. The lowest BCUT2D eigenvalue weighted by atomic mass is 9.44. The summed E-state index contributed by atoms with van der Waals surface area (Å²) in [5, 5.41) is 94.2. The minimum atomic E-state index is -2.44. The van der Waals surface area contributed by atoms with Crippen molar-refractivity contribution < 1.29 is 135 Å². The molecule has 2 unspecified atom stereocenters. The van der Waals surface area contributed by atoms with Gasteiger partial charge < -0.3 is 104 Å². The third-order valence-corrected chi connectivity index (χ3v) is 27.9. The number of rotatable bonds is 46. The maximum atomic E-state index is 18.2. The number of ketones is 5. The van der Waals surface area contributed by atoms with Crippen molar-refractivity contribution in [1.29, 1.82) is 0 Å². The van der Waals surface area contributed by atoms with Crippen LogP contribution >= 0.6 is 0 Å². The number of fused-ring (bicyclic) bond motifs is 10. The van der Waals surface area contributed by atoms with Crippen LogP contribution in [0.2, 0.25) is 0 Å². The van der Waals surface area contributed by atoms with Crippen molar-refractivity contribution in [2.75, 3.05) is 90.7 Å². The van der Waals surface area contributed by atoms with Gasteiger partial charge in [-0.2, -0.15) is 0 Å². The molecule has 9 aliphatic rings. The zero-order valence-corrected chi connectivity index (χ0v) is 75.4. The molecule has 24 atom stereocenters. The number of alkyl halides is 2. The molecule has 3 aromatic rings. The molecule has 12 rings (SSSR count). The van der Waals surface area contributed by atoms with Crippen molar-refractivity contribution in [2.24, 2.45) is 46.3 Å². The SMILES string of the molecule is CCCC1O[C@@H]2C[C@H]3[C@@H]4C[C@H](F)C5=CC(=O)C=C[C@]5(C)[C@@]4(F)[C@@H](O)C[C@]3(C)[C@]2(C(=O)CNC(=O)[C@H](C)CC(=O)[C@@H](NC(=O)[C@@H](CCCCNC(=O)COC2CCCCCc3c2nnn3[C@H]2O[C@H](CO)[C@@H](O[C@H]3O[C@H](CO)[C@@H](C)[C@H](O)[C@H]3O)[C@H](O)[C@H]2O)CC(=O)CCOCCOCCOCCOCCCC(=O)CCC(=O)N2Cc3ccccc3C#Cc3ccccc32)C(C)C)O1. The highest BCUT2D eigenvalue weighted by Gasteiger charge is 2.80. The normalized spacial score (nSPS) is 31.5. The number of hydrogen-bond acceptors (Lipinski definition) is 28. The Labute approximate surface area is 756 Å². The number of aliphatic hydroxyl groups excluding tert-OH is 7. The quantitative estimate of drug-likeness (QED) is 0.0245. The molecule has 33 nitrogen and oxygen atoms in total. The van der Waals surface area contributed by atoms with Crippen molar-refractivity contribution >= 4 is 58.2 Å². The lowest BCUT2D eigenvalue weighted by Crippen LogP contribution is -2.71. The van der Waals surface area contributed by atoms with Gasteiger partial charge in [-0.1, -0.05) is 121 Å². The predicted molar refractivity (Wildman–Crippen MR) is 462 cm³/mol. The number of anilines is 1. The van der Waals surface area contributed by atoms with Crippen LogP contribution in [0.3, 0.4) is 0 Å². The number of carbonyl (C=O) groups excluding carboxylic acids is 9. The summed E-state index contributed by atoms with van der Waals surface area (Å²) in [7, 11) is 0. The number of nitrogens with one attached hydrogen (secondary N) is 3. The molecular weight excluding hydrogens is 1690 g/mol. The first kappa shape index (κ1) is 101. The number of nitrogens with zero attached hydrogens (tertiary/aromatic N) is 4. The molecule has 6 fully saturated rings.